The second-order valence-corrected chi connectivity index (χ2v) is 12.2. The Morgan fingerprint density at radius 3 is 1.70 bits per heavy atom. The van der Waals surface area contributed by atoms with Crippen LogP contribution in [-0.2, 0) is 9.47 Å². The van der Waals surface area contributed by atoms with E-state index in [0.717, 1.165) is 44.1 Å². The van der Waals surface area contributed by atoms with Crippen LogP contribution in [-0.4, -0.2) is 48.3 Å². The summed E-state index contributed by atoms with van der Waals surface area (Å²) in [4.78, 5) is 0. The van der Waals surface area contributed by atoms with E-state index in [2.05, 4.69) is 0 Å². The Labute approximate surface area is 185 Å². The van der Waals surface area contributed by atoms with Gasteiger partial charge in [-0.3, -0.25) is 0 Å². The molecule has 5 aliphatic rings. The molecule has 172 valence electrons. The number of thioether (sulfide) groups is 1. The highest BCUT2D eigenvalue weighted by molar-refractivity contribution is 8.00. The minimum Gasteiger partial charge on any atom is -0.375 e. The smallest absolute Gasteiger partial charge is 0.138 e. The third kappa shape index (κ3) is 4.59. The van der Waals surface area contributed by atoms with Gasteiger partial charge in [-0.05, 0) is 81.5 Å². The van der Waals surface area contributed by atoms with Crippen molar-refractivity contribution in [3.05, 3.63) is 0 Å². The zero-order valence-electron chi connectivity index (χ0n) is 18.5. The maximum absolute atomic E-state index is 15.5. The lowest BCUT2D eigenvalue weighted by molar-refractivity contribution is -0.0627. The van der Waals surface area contributed by atoms with Crippen LogP contribution < -0.4 is 0 Å². The molecule has 30 heavy (non-hydrogen) atoms. The zero-order chi connectivity index (χ0) is 20.7. The van der Waals surface area contributed by atoms with Crippen molar-refractivity contribution < 1.29 is 18.3 Å². The fraction of sp³-hybridized carbons (Fsp3) is 1.00. The number of hydrogen-bond donors (Lipinski definition) is 0. The van der Waals surface area contributed by atoms with Crippen molar-refractivity contribution in [3.8, 4) is 0 Å². The second kappa shape index (κ2) is 9.55. The van der Waals surface area contributed by atoms with Gasteiger partial charge in [0.15, 0.2) is 0 Å². The van der Waals surface area contributed by atoms with Gasteiger partial charge in [0.2, 0.25) is 0 Å². The van der Waals surface area contributed by atoms with E-state index in [0.29, 0.717) is 24.4 Å². The van der Waals surface area contributed by atoms with Gasteiger partial charge in [0.1, 0.15) is 12.3 Å². The van der Waals surface area contributed by atoms with Gasteiger partial charge in [0, 0.05) is 23.7 Å². The summed E-state index contributed by atoms with van der Waals surface area (Å²) in [6.45, 7) is 3.22. The van der Waals surface area contributed by atoms with Crippen LogP contribution in [0.4, 0.5) is 8.78 Å². The predicted molar refractivity (Wildman–Crippen MR) is 118 cm³/mol. The van der Waals surface area contributed by atoms with Gasteiger partial charge < -0.3 is 9.47 Å². The van der Waals surface area contributed by atoms with Crippen LogP contribution >= 0.6 is 11.8 Å². The Kier molecular flexibility index (Phi) is 6.99. The van der Waals surface area contributed by atoms with Crippen LogP contribution in [0.1, 0.15) is 77.6 Å². The molecule has 5 rings (SSSR count). The third-order valence-electron chi connectivity index (χ3n) is 8.87. The first-order valence-corrected chi connectivity index (χ1v) is 13.7. The maximum atomic E-state index is 15.5. The van der Waals surface area contributed by atoms with Crippen LogP contribution in [0.3, 0.4) is 0 Å². The van der Waals surface area contributed by atoms with Crippen molar-refractivity contribution in [2.75, 3.05) is 13.2 Å². The molecule has 4 saturated carbocycles. The van der Waals surface area contributed by atoms with Gasteiger partial charge in [-0.2, -0.15) is 0 Å². The van der Waals surface area contributed by atoms with Gasteiger partial charge in [-0.25, -0.2) is 8.78 Å². The molecule has 2 nitrogen and oxygen atoms in total. The molecule has 0 bridgehead atoms. The number of hydrogen-bond acceptors (Lipinski definition) is 3. The minimum absolute atomic E-state index is 0.0772. The van der Waals surface area contributed by atoms with Crippen LogP contribution in [0.25, 0.3) is 0 Å². The van der Waals surface area contributed by atoms with E-state index in [4.69, 9.17) is 9.47 Å². The van der Waals surface area contributed by atoms with Crippen LogP contribution in [0.15, 0.2) is 0 Å². The lowest BCUT2D eigenvalue weighted by Crippen LogP contribution is -2.45. The van der Waals surface area contributed by atoms with E-state index in [1.165, 1.54) is 44.9 Å². The van der Waals surface area contributed by atoms with Gasteiger partial charge in [-0.1, -0.05) is 25.7 Å². The van der Waals surface area contributed by atoms with E-state index in [9.17, 15) is 0 Å². The van der Waals surface area contributed by atoms with E-state index < -0.39 is 12.3 Å². The first kappa shape index (κ1) is 21.9. The largest absolute Gasteiger partial charge is 0.375 e. The van der Waals surface area contributed by atoms with Crippen LogP contribution in [0.5, 0.6) is 0 Å². The van der Waals surface area contributed by atoms with Gasteiger partial charge in [-0.15, -0.1) is 11.8 Å². The van der Waals surface area contributed by atoms with Crippen molar-refractivity contribution in [2.45, 2.75) is 113 Å². The number of fused-ring (bicyclic) bond motifs is 3. The van der Waals surface area contributed by atoms with Crippen molar-refractivity contribution in [1.29, 1.82) is 0 Å². The van der Waals surface area contributed by atoms with Crippen molar-refractivity contribution >= 4 is 11.8 Å². The average molecular weight is 443 g/mol. The molecule has 0 N–H and O–H groups in total. The predicted octanol–water partition coefficient (Wildman–Crippen LogP) is 6.36. The lowest BCUT2D eigenvalue weighted by Gasteiger charge is -2.39. The molecule has 5 heteroatoms. The number of ether oxygens (including phenoxy) is 2. The monoisotopic (exact) mass is 442 g/mol. The highest BCUT2D eigenvalue weighted by Crippen LogP contribution is 2.56. The van der Waals surface area contributed by atoms with Gasteiger partial charge in [0.05, 0.1) is 12.2 Å². The molecule has 1 saturated heterocycles. The lowest BCUT2D eigenvalue weighted by atomic mass is 9.71. The Morgan fingerprint density at radius 1 is 0.667 bits per heavy atom. The highest BCUT2D eigenvalue weighted by atomic mass is 32.2. The van der Waals surface area contributed by atoms with E-state index in [-0.39, 0.29) is 22.7 Å². The zero-order valence-corrected chi connectivity index (χ0v) is 19.3. The van der Waals surface area contributed by atoms with Crippen molar-refractivity contribution in [3.63, 3.8) is 0 Å². The van der Waals surface area contributed by atoms with Gasteiger partial charge >= 0.3 is 0 Å². The standard InChI is InChI=1S/C25H40F2O2S/c1-2-28-20-11-9-18-19-10-12-21(23(27)25(19)30-24(18)22(20)26)29-14-17-7-5-16(6-8-17)13-15-3-4-15/h15-25H,2-14H2,1H3. The fourth-order valence-corrected chi connectivity index (χ4v) is 9.08. The normalized spacial score (nSPS) is 48.9. The highest BCUT2D eigenvalue weighted by Gasteiger charge is 2.56. The summed E-state index contributed by atoms with van der Waals surface area (Å²) in [7, 11) is 0. The molecule has 0 aromatic carbocycles. The molecular weight excluding hydrogens is 402 g/mol. The third-order valence-corrected chi connectivity index (χ3v) is 10.7. The van der Waals surface area contributed by atoms with E-state index >= 15 is 8.78 Å². The molecule has 1 heterocycles. The van der Waals surface area contributed by atoms with Crippen molar-refractivity contribution in [1.82, 2.24) is 0 Å². The summed E-state index contributed by atoms with van der Waals surface area (Å²) in [5.74, 6) is 3.24. The molecular formula is C25H40F2O2S. The number of alkyl halides is 2. The Hall–Kier alpha value is 0.130. The molecule has 0 aromatic heterocycles. The van der Waals surface area contributed by atoms with Crippen molar-refractivity contribution in [2.24, 2.45) is 29.6 Å². The van der Waals surface area contributed by atoms with E-state index in [1.54, 1.807) is 11.8 Å². The molecule has 0 radical (unpaired) electrons. The summed E-state index contributed by atoms with van der Waals surface area (Å²) in [5.41, 5.74) is 0. The van der Waals surface area contributed by atoms with Gasteiger partial charge in [0.25, 0.3) is 0 Å². The molecule has 8 atom stereocenters. The maximum Gasteiger partial charge on any atom is 0.138 e. The molecule has 4 aliphatic carbocycles. The quantitative estimate of drug-likeness (QED) is 0.457. The summed E-state index contributed by atoms with van der Waals surface area (Å²) >= 11 is 1.59. The van der Waals surface area contributed by atoms with Crippen LogP contribution in [0.2, 0.25) is 0 Å². The number of rotatable bonds is 7. The summed E-state index contributed by atoms with van der Waals surface area (Å²) in [6.07, 6.45) is 10.7. The fourth-order valence-electron chi connectivity index (χ4n) is 6.99. The molecule has 0 amide bonds. The Morgan fingerprint density at radius 2 is 1.17 bits per heavy atom. The van der Waals surface area contributed by atoms with E-state index in [1.807, 2.05) is 6.92 Å². The Bertz CT molecular complexity index is 565. The Balaban J connectivity index is 1.10. The average Bonchev–Trinajstić information content (AvgIpc) is 3.48. The molecule has 5 fully saturated rings. The molecule has 0 spiro atoms. The molecule has 8 unspecified atom stereocenters. The first-order chi connectivity index (χ1) is 14.6. The number of halogens is 2. The minimum atomic E-state index is -0.948. The molecule has 1 aliphatic heterocycles. The summed E-state index contributed by atoms with van der Waals surface area (Å²) in [5, 5.41) is -0.157. The first-order valence-electron chi connectivity index (χ1n) is 12.8. The second-order valence-electron chi connectivity index (χ2n) is 10.9. The SMILES string of the molecule is CCOC1CCC2C3CCC(OCC4CCC(CC5CC5)CC4)C(F)C3SC2C1F. The topological polar surface area (TPSA) is 18.5 Å². The molecule has 0 aromatic rings. The summed E-state index contributed by atoms with van der Waals surface area (Å²) < 4.78 is 42.4. The van der Waals surface area contributed by atoms with Crippen LogP contribution in [0, 0.1) is 29.6 Å². The summed E-state index contributed by atoms with van der Waals surface area (Å²) in [6, 6.07) is 0.